The van der Waals surface area contributed by atoms with Gasteiger partial charge in [-0.2, -0.15) is 0 Å². The van der Waals surface area contributed by atoms with E-state index in [2.05, 4.69) is 16.2 Å². The minimum absolute atomic E-state index is 0.112. The van der Waals surface area contributed by atoms with E-state index in [-0.39, 0.29) is 12.7 Å². The number of fused-ring (bicyclic) bond motifs is 1. The van der Waals surface area contributed by atoms with Gasteiger partial charge in [-0.3, -0.25) is 25.2 Å². The molecule has 0 bridgehead atoms. The van der Waals surface area contributed by atoms with Crippen molar-refractivity contribution in [2.24, 2.45) is 0 Å². The summed E-state index contributed by atoms with van der Waals surface area (Å²) in [6.45, 7) is 0.112. The summed E-state index contributed by atoms with van der Waals surface area (Å²) in [4.78, 5) is 37.1. The second-order valence-corrected chi connectivity index (χ2v) is 6.93. The molecule has 9 heteroatoms. The molecule has 4 rings (SSSR count). The number of benzene rings is 2. The van der Waals surface area contributed by atoms with Crippen molar-refractivity contribution in [1.82, 2.24) is 10.9 Å². The Hall–Kier alpha value is -3.85. The first-order valence-corrected chi connectivity index (χ1v) is 9.43. The predicted octanol–water partition coefficient (Wildman–Crippen LogP) is 2.80. The van der Waals surface area contributed by atoms with Crippen molar-refractivity contribution >= 4 is 34.7 Å². The van der Waals surface area contributed by atoms with Gasteiger partial charge in [0.15, 0.2) is 11.5 Å². The molecule has 0 aliphatic carbocycles. The third-order valence-electron chi connectivity index (χ3n) is 4.07. The summed E-state index contributed by atoms with van der Waals surface area (Å²) in [6, 6.07) is 14.6. The smallest absolute Gasteiger partial charge is 0.269 e. The SMILES string of the molecule is O=C(NNC(=O)c1ccc2c(c1)OCO2)c1ccc(NC(=O)c2cccs2)cc1. The van der Waals surface area contributed by atoms with E-state index >= 15 is 0 Å². The first-order valence-electron chi connectivity index (χ1n) is 8.55. The van der Waals surface area contributed by atoms with Crippen LogP contribution in [0.15, 0.2) is 60.0 Å². The van der Waals surface area contributed by atoms with Gasteiger partial charge in [0.1, 0.15) is 0 Å². The van der Waals surface area contributed by atoms with Crippen molar-refractivity contribution in [3.63, 3.8) is 0 Å². The Kier molecular flexibility index (Phi) is 5.12. The van der Waals surface area contributed by atoms with E-state index in [0.29, 0.717) is 33.2 Å². The standard InChI is InChI=1S/C20H15N3O5S/c24-18(22-23-19(25)13-5-8-15-16(10-13)28-11-27-15)12-3-6-14(7-4-12)21-20(26)17-2-1-9-29-17/h1-10H,11H2,(H,21,26)(H,22,24)(H,23,25). The normalized spacial score (nSPS) is 11.6. The van der Waals surface area contributed by atoms with Gasteiger partial charge in [-0.05, 0) is 53.9 Å². The largest absolute Gasteiger partial charge is 0.454 e. The van der Waals surface area contributed by atoms with Crippen LogP contribution in [0.5, 0.6) is 11.5 Å². The molecule has 146 valence electrons. The van der Waals surface area contributed by atoms with Gasteiger partial charge in [-0.25, -0.2) is 0 Å². The van der Waals surface area contributed by atoms with Crippen LogP contribution in [0.4, 0.5) is 5.69 Å². The summed E-state index contributed by atoms with van der Waals surface area (Å²) in [5, 5.41) is 4.57. The van der Waals surface area contributed by atoms with E-state index in [4.69, 9.17) is 9.47 Å². The lowest BCUT2D eigenvalue weighted by Gasteiger charge is -2.09. The van der Waals surface area contributed by atoms with Crippen LogP contribution in [0, 0.1) is 0 Å². The summed E-state index contributed by atoms with van der Waals surface area (Å²) >= 11 is 1.34. The number of anilines is 1. The second-order valence-electron chi connectivity index (χ2n) is 5.99. The molecule has 0 fully saturated rings. The van der Waals surface area contributed by atoms with Gasteiger partial charge in [0, 0.05) is 16.8 Å². The lowest BCUT2D eigenvalue weighted by Crippen LogP contribution is -2.41. The molecule has 0 saturated heterocycles. The molecule has 1 aliphatic rings. The zero-order valence-corrected chi connectivity index (χ0v) is 15.7. The third kappa shape index (κ3) is 4.19. The highest BCUT2D eigenvalue weighted by Gasteiger charge is 2.17. The number of hydrazine groups is 1. The zero-order valence-electron chi connectivity index (χ0n) is 14.9. The maximum absolute atomic E-state index is 12.2. The van der Waals surface area contributed by atoms with Crippen LogP contribution >= 0.6 is 11.3 Å². The minimum atomic E-state index is -0.491. The average molecular weight is 409 g/mol. The van der Waals surface area contributed by atoms with Crippen LogP contribution in [0.2, 0.25) is 0 Å². The van der Waals surface area contributed by atoms with Crippen LogP contribution in [-0.4, -0.2) is 24.5 Å². The summed E-state index contributed by atoms with van der Waals surface area (Å²) in [6.07, 6.45) is 0. The van der Waals surface area contributed by atoms with E-state index in [1.807, 2.05) is 5.38 Å². The van der Waals surface area contributed by atoms with Crippen molar-refractivity contribution in [1.29, 1.82) is 0 Å². The number of carbonyl (C=O) groups is 3. The van der Waals surface area contributed by atoms with Crippen molar-refractivity contribution in [3.8, 4) is 11.5 Å². The van der Waals surface area contributed by atoms with Gasteiger partial charge in [-0.1, -0.05) is 6.07 Å². The molecule has 8 nitrogen and oxygen atoms in total. The fraction of sp³-hybridized carbons (Fsp3) is 0.0500. The fourth-order valence-electron chi connectivity index (χ4n) is 2.60. The van der Waals surface area contributed by atoms with Crippen molar-refractivity contribution in [2.45, 2.75) is 0 Å². The first kappa shape index (κ1) is 18.5. The van der Waals surface area contributed by atoms with Crippen molar-refractivity contribution in [3.05, 3.63) is 76.0 Å². The maximum atomic E-state index is 12.2. The second kappa shape index (κ2) is 8.03. The molecule has 3 aromatic rings. The van der Waals surface area contributed by atoms with Crippen molar-refractivity contribution < 1.29 is 23.9 Å². The average Bonchev–Trinajstić information content (AvgIpc) is 3.43. The topological polar surface area (TPSA) is 106 Å². The lowest BCUT2D eigenvalue weighted by atomic mass is 10.2. The highest BCUT2D eigenvalue weighted by molar-refractivity contribution is 7.12. The monoisotopic (exact) mass is 409 g/mol. The molecule has 29 heavy (non-hydrogen) atoms. The number of hydrogen-bond acceptors (Lipinski definition) is 6. The molecule has 3 amide bonds. The fourth-order valence-corrected chi connectivity index (χ4v) is 3.22. The van der Waals surface area contributed by atoms with E-state index < -0.39 is 11.8 Å². The number of thiophene rings is 1. The van der Waals surface area contributed by atoms with Crippen LogP contribution in [0.25, 0.3) is 0 Å². The maximum Gasteiger partial charge on any atom is 0.269 e. The molecule has 0 atom stereocenters. The molecular weight excluding hydrogens is 394 g/mol. The molecule has 0 unspecified atom stereocenters. The number of nitrogens with one attached hydrogen (secondary N) is 3. The van der Waals surface area contributed by atoms with Crippen molar-refractivity contribution in [2.75, 3.05) is 12.1 Å². The molecule has 1 aliphatic heterocycles. The third-order valence-corrected chi connectivity index (χ3v) is 4.94. The van der Waals surface area contributed by atoms with Gasteiger partial charge in [0.05, 0.1) is 4.88 Å². The number of carbonyl (C=O) groups excluding carboxylic acids is 3. The summed E-state index contributed by atoms with van der Waals surface area (Å²) in [5.74, 6) is -0.152. The Morgan fingerprint density at radius 1 is 0.793 bits per heavy atom. The highest BCUT2D eigenvalue weighted by atomic mass is 32.1. The molecule has 0 radical (unpaired) electrons. The zero-order chi connectivity index (χ0) is 20.2. The Morgan fingerprint density at radius 3 is 2.21 bits per heavy atom. The van der Waals surface area contributed by atoms with Crippen LogP contribution in [0.3, 0.4) is 0 Å². The Labute approximate surface area is 169 Å². The highest BCUT2D eigenvalue weighted by Crippen LogP contribution is 2.32. The molecule has 0 spiro atoms. The van der Waals surface area contributed by atoms with E-state index in [1.165, 1.54) is 17.4 Å². The summed E-state index contributed by atoms with van der Waals surface area (Å²) in [7, 11) is 0. The minimum Gasteiger partial charge on any atom is -0.454 e. The molecule has 2 aromatic carbocycles. The van der Waals surface area contributed by atoms with Gasteiger partial charge in [0.2, 0.25) is 6.79 Å². The number of hydrogen-bond donors (Lipinski definition) is 3. The Balaban J connectivity index is 1.32. The summed E-state index contributed by atoms with van der Waals surface area (Å²) in [5.41, 5.74) is 5.91. The molecule has 0 saturated carbocycles. The predicted molar refractivity (Wildman–Crippen MR) is 106 cm³/mol. The number of rotatable bonds is 4. The number of ether oxygens (including phenoxy) is 2. The first-order chi connectivity index (χ1) is 14.1. The van der Waals surface area contributed by atoms with E-state index in [0.717, 1.165) is 0 Å². The van der Waals surface area contributed by atoms with Crippen LogP contribution in [-0.2, 0) is 0 Å². The molecule has 1 aromatic heterocycles. The van der Waals surface area contributed by atoms with Gasteiger partial charge >= 0.3 is 0 Å². The van der Waals surface area contributed by atoms with Gasteiger partial charge in [0.25, 0.3) is 17.7 Å². The van der Waals surface area contributed by atoms with Crippen LogP contribution in [0.1, 0.15) is 30.4 Å². The van der Waals surface area contributed by atoms with E-state index in [9.17, 15) is 14.4 Å². The molecular formula is C20H15N3O5S. The van der Waals surface area contributed by atoms with E-state index in [1.54, 1.807) is 48.5 Å². The quantitative estimate of drug-likeness (QED) is 0.575. The molecule has 2 heterocycles. The Morgan fingerprint density at radius 2 is 1.48 bits per heavy atom. The lowest BCUT2D eigenvalue weighted by molar-refractivity contribution is 0.0846. The summed E-state index contributed by atoms with van der Waals surface area (Å²) < 4.78 is 10.4. The van der Waals surface area contributed by atoms with Gasteiger partial charge < -0.3 is 14.8 Å². The van der Waals surface area contributed by atoms with Crippen LogP contribution < -0.4 is 25.6 Å². The Bertz CT molecular complexity index is 1060. The molecule has 3 N–H and O–H groups in total. The number of amides is 3. The van der Waals surface area contributed by atoms with Gasteiger partial charge in [-0.15, -0.1) is 11.3 Å².